The molecule has 6 rings (SSSR count). The van der Waals surface area contributed by atoms with Gasteiger partial charge in [-0.15, -0.1) is 0 Å². The second-order valence-corrected chi connectivity index (χ2v) is 10.5. The lowest BCUT2D eigenvalue weighted by Gasteiger charge is -2.24. The molecule has 5 aromatic rings. The van der Waals surface area contributed by atoms with Crippen molar-refractivity contribution in [2.24, 2.45) is 4.99 Å². The Kier molecular flexibility index (Phi) is 6.77. The van der Waals surface area contributed by atoms with Crippen LogP contribution in [-0.2, 0) is 11.8 Å². The van der Waals surface area contributed by atoms with Gasteiger partial charge in [0, 0.05) is 30.3 Å². The molecule has 0 spiro atoms. The maximum atomic E-state index is 4.61. The van der Waals surface area contributed by atoms with Crippen LogP contribution >= 0.6 is 0 Å². The molecule has 2 nitrogen and oxygen atoms in total. The first kappa shape index (κ1) is 24.8. The molecule has 39 heavy (non-hydrogen) atoms. The van der Waals surface area contributed by atoms with Crippen molar-refractivity contribution < 1.29 is 4.58 Å². The largest absolute Gasteiger partial charge is 0.261 e. The fraction of sp³-hybridized carbons (Fsp3) is 0.135. The van der Waals surface area contributed by atoms with E-state index in [-0.39, 0.29) is 5.41 Å². The van der Waals surface area contributed by atoms with E-state index >= 15 is 0 Å². The third kappa shape index (κ3) is 4.86. The summed E-state index contributed by atoms with van der Waals surface area (Å²) in [5, 5.41) is 2.62. The molecule has 190 valence electrons. The third-order valence-electron chi connectivity index (χ3n) is 7.88. The molecule has 1 aliphatic rings. The summed E-state index contributed by atoms with van der Waals surface area (Å²) in [5.74, 6) is 0. The molecular formula is C37H33N2+. The molecule has 0 aliphatic carbocycles. The molecule has 5 aromatic carbocycles. The Morgan fingerprint density at radius 3 is 2.15 bits per heavy atom. The summed E-state index contributed by atoms with van der Waals surface area (Å²) in [7, 11) is 2.20. The number of fused-ring (bicyclic) bond motifs is 3. The van der Waals surface area contributed by atoms with Crippen LogP contribution in [0.4, 0.5) is 11.4 Å². The molecule has 0 saturated heterocycles. The Morgan fingerprint density at radius 1 is 0.718 bits per heavy atom. The van der Waals surface area contributed by atoms with Gasteiger partial charge in [0.1, 0.15) is 7.05 Å². The molecule has 1 unspecified atom stereocenters. The molecule has 0 fully saturated rings. The van der Waals surface area contributed by atoms with Crippen molar-refractivity contribution in [1.82, 2.24) is 0 Å². The summed E-state index contributed by atoms with van der Waals surface area (Å²) in [6.45, 7) is 2.41. The summed E-state index contributed by atoms with van der Waals surface area (Å²) in [6, 6.07) is 43.1. The van der Waals surface area contributed by atoms with Crippen molar-refractivity contribution in [3.8, 4) is 11.1 Å². The Morgan fingerprint density at radius 2 is 1.38 bits per heavy atom. The van der Waals surface area contributed by atoms with Crippen molar-refractivity contribution in [3.63, 3.8) is 0 Å². The minimum absolute atomic E-state index is 0.174. The lowest BCUT2D eigenvalue weighted by molar-refractivity contribution is -0.401. The van der Waals surface area contributed by atoms with Gasteiger partial charge in [-0.2, -0.15) is 4.58 Å². The fourth-order valence-electron chi connectivity index (χ4n) is 5.99. The summed E-state index contributed by atoms with van der Waals surface area (Å²) >= 11 is 0. The normalized spacial score (nSPS) is 17.0. The van der Waals surface area contributed by atoms with Crippen LogP contribution in [0, 0.1) is 0 Å². The highest BCUT2D eigenvalue weighted by Gasteiger charge is 2.47. The summed E-state index contributed by atoms with van der Waals surface area (Å²) in [5.41, 5.74) is 8.66. The molecule has 1 atom stereocenters. The van der Waals surface area contributed by atoms with Gasteiger partial charge >= 0.3 is 0 Å². The number of para-hydroxylation sites is 1. The van der Waals surface area contributed by atoms with Crippen LogP contribution in [0.1, 0.15) is 24.5 Å². The molecular weight excluding hydrogens is 472 g/mol. The van der Waals surface area contributed by atoms with Crippen LogP contribution in [0.25, 0.3) is 21.9 Å². The van der Waals surface area contributed by atoms with E-state index in [9.17, 15) is 0 Å². The van der Waals surface area contributed by atoms with Gasteiger partial charge in [-0.25, -0.2) is 0 Å². The zero-order chi connectivity index (χ0) is 26.7. The van der Waals surface area contributed by atoms with Crippen LogP contribution in [-0.4, -0.2) is 23.5 Å². The van der Waals surface area contributed by atoms with Crippen LogP contribution in [0.15, 0.2) is 138 Å². The number of allylic oxidation sites excluding steroid dienone is 2. The minimum Gasteiger partial charge on any atom is -0.261 e. The number of benzene rings is 5. The van der Waals surface area contributed by atoms with Crippen LogP contribution in [0.5, 0.6) is 0 Å². The van der Waals surface area contributed by atoms with E-state index in [1.165, 1.54) is 44.4 Å². The van der Waals surface area contributed by atoms with Gasteiger partial charge < -0.3 is 0 Å². The Balaban J connectivity index is 1.35. The monoisotopic (exact) mass is 505 g/mol. The number of aliphatic imine (C=N–C) groups is 1. The first-order valence-electron chi connectivity index (χ1n) is 13.7. The number of hydrogen-bond acceptors (Lipinski definition) is 1. The quantitative estimate of drug-likeness (QED) is 0.155. The van der Waals surface area contributed by atoms with Gasteiger partial charge in [0.15, 0.2) is 5.71 Å². The van der Waals surface area contributed by atoms with Crippen molar-refractivity contribution in [3.05, 3.63) is 145 Å². The highest BCUT2D eigenvalue weighted by Crippen LogP contribution is 2.45. The van der Waals surface area contributed by atoms with Gasteiger partial charge in [0.2, 0.25) is 5.69 Å². The van der Waals surface area contributed by atoms with Gasteiger partial charge in [-0.3, -0.25) is 4.99 Å². The zero-order valence-electron chi connectivity index (χ0n) is 22.6. The van der Waals surface area contributed by atoms with Crippen LogP contribution in [0.2, 0.25) is 0 Å². The van der Waals surface area contributed by atoms with Crippen LogP contribution < -0.4 is 0 Å². The lowest BCUT2D eigenvalue weighted by atomic mass is 9.73. The predicted octanol–water partition coefficient (Wildman–Crippen LogP) is 9.08. The average molecular weight is 506 g/mol. The van der Waals surface area contributed by atoms with Crippen molar-refractivity contribution in [2.45, 2.75) is 25.2 Å². The Hall–Kier alpha value is -4.56. The smallest absolute Gasteiger partial charge is 0.210 e. The second kappa shape index (κ2) is 10.7. The zero-order valence-corrected chi connectivity index (χ0v) is 22.6. The molecule has 0 amide bonds. The van der Waals surface area contributed by atoms with Crippen LogP contribution in [0.3, 0.4) is 0 Å². The molecule has 2 heteroatoms. The predicted molar refractivity (Wildman–Crippen MR) is 166 cm³/mol. The van der Waals surface area contributed by atoms with E-state index in [2.05, 4.69) is 127 Å². The van der Waals surface area contributed by atoms with Crippen molar-refractivity contribution >= 4 is 34.1 Å². The van der Waals surface area contributed by atoms with E-state index in [1.807, 2.05) is 36.5 Å². The molecule has 0 radical (unpaired) electrons. The van der Waals surface area contributed by atoms with E-state index in [0.29, 0.717) is 0 Å². The van der Waals surface area contributed by atoms with E-state index in [0.717, 1.165) is 18.5 Å². The van der Waals surface area contributed by atoms with Gasteiger partial charge in [0.05, 0.1) is 11.1 Å². The van der Waals surface area contributed by atoms with Crippen molar-refractivity contribution in [2.75, 3.05) is 7.05 Å². The van der Waals surface area contributed by atoms with E-state index in [4.69, 9.17) is 0 Å². The highest BCUT2D eigenvalue weighted by molar-refractivity contribution is 6.08. The first-order valence-corrected chi connectivity index (χ1v) is 13.7. The van der Waals surface area contributed by atoms with Gasteiger partial charge in [-0.1, -0.05) is 103 Å². The standard InChI is InChI=1S/C37H33N2/c1-37(27-28-20-22-30(23-21-28)29-13-5-3-6-14-29)35(19-11-12-26-38-32-16-7-4-8-17-32)39(2)34-25-24-31-15-9-10-18-33(31)36(34)37/h3-11,13-26H,12,27H2,1-2H3/q+1. The average Bonchev–Trinajstić information content (AvgIpc) is 3.20. The highest BCUT2D eigenvalue weighted by atomic mass is 15.0. The van der Waals surface area contributed by atoms with Gasteiger partial charge in [-0.05, 0) is 59.0 Å². The Labute approximate surface area is 231 Å². The summed E-state index contributed by atoms with van der Waals surface area (Å²) in [6.07, 6.45) is 8.24. The number of rotatable bonds is 7. The summed E-state index contributed by atoms with van der Waals surface area (Å²) < 4.78 is 2.38. The Bertz CT molecular complexity index is 1690. The first-order chi connectivity index (χ1) is 19.1. The maximum absolute atomic E-state index is 4.61. The second-order valence-electron chi connectivity index (χ2n) is 10.5. The molecule has 1 heterocycles. The van der Waals surface area contributed by atoms with E-state index in [1.54, 1.807) is 0 Å². The van der Waals surface area contributed by atoms with E-state index < -0.39 is 0 Å². The molecule has 0 saturated carbocycles. The number of nitrogens with zero attached hydrogens (tertiary/aromatic N) is 2. The van der Waals surface area contributed by atoms with Crippen molar-refractivity contribution in [1.29, 1.82) is 0 Å². The molecule has 0 N–H and O–H groups in total. The molecule has 0 bridgehead atoms. The SMILES string of the molecule is C[N+]1=C(C=CCC=Nc2ccccc2)C(C)(Cc2ccc(-c3ccccc3)cc2)c2c1ccc1ccccc21. The third-order valence-corrected chi connectivity index (χ3v) is 7.88. The fourth-order valence-corrected chi connectivity index (χ4v) is 5.99. The topological polar surface area (TPSA) is 15.4 Å². The molecule has 0 aromatic heterocycles. The van der Waals surface area contributed by atoms with Gasteiger partial charge in [0.25, 0.3) is 0 Å². The summed E-state index contributed by atoms with van der Waals surface area (Å²) in [4.78, 5) is 4.61. The lowest BCUT2D eigenvalue weighted by Crippen LogP contribution is -2.33. The maximum Gasteiger partial charge on any atom is 0.210 e. The molecule has 1 aliphatic heterocycles. The number of hydrogen-bond donors (Lipinski definition) is 0. The minimum atomic E-state index is -0.174.